The summed E-state index contributed by atoms with van der Waals surface area (Å²) in [5.74, 6) is 0.621. The second kappa shape index (κ2) is 10.9. The first-order valence-corrected chi connectivity index (χ1v) is 11.9. The highest BCUT2D eigenvalue weighted by molar-refractivity contribution is 5.99. The first-order valence-electron chi connectivity index (χ1n) is 11.9. The summed E-state index contributed by atoms with van der Waals surface area (Å²) in [5, 5.41) is 4.64. The lowest BCUT2D eigenvalue weighted by Crippen LogP contribution is -2.42. The fourth-order valence-corrected chi connectivity index (χ4v) is 3.68. The third kappa shape index (κ3) is 5.56. The number of rotatable bonds is 10. The number of nitrogens with one attached hydrogen (secondary N) is 2. The van der Waals surface area contributed by atoms with Gasteiger partial charge >= 0.3 is 0 Å². The molecule has 0 unspecified atom stereocenters. The highest BCUT2D eigenvalue weighted by Crippen LogP contribution is 2.40. The Labute approximate surface area is 204 Å². The van der Waals surface area contributed by atoms with Gasteiger partial charge in [0, 0.05) is 11.5 Å². The summed E-state index contributed by atoms with van der Waals surface area (Å²) in [6, 6.07) is 14.3. The van der Waals surface area contributed by atoms with Gasteiger partial charge in [-0.15, -0.1) is 0 Å². The maximum absolute atomic E-state index is 13.1. The van der Waals surface area contributed by atoms with Crippen LogP contribution in [0.1, 0.15) is 66.1 Å². The van der Waals surface area contributed by atoms with E-state index in [1.807, 2.05) is 51.1 Å². The number of benzene rings is 2. The molecule has 1 aromatic heterocycles. The van der Waals surface area contributed by atoms with Crippen LogP contribution in [0.15, 0.2) is 48.5 Å². The van der Waals surface area contributed by atoms with Crippen LogP contribution in [0, 0.1) is 0 Å². The molecule has 3 aromatic rings. The number of aromatic nitrogens is 2. The summed E-state index contributed by atoms with van der Waals surface area (Å²) in [6.07, 6.45) is 2.12. The van der Waals surface area contributed by atoms with E-state index in [0.717, 1.165) is 24.2 Å². The number of nitrogens with zero attached hydrogens (tertiary/aromatic N) is 2. The van der Waals surface area contributed by atoms with Crippen LogP contribution in [-0.4, -0.2) is 41.4 Å². The smallest absolute Gasteiger partial charge is 0.288 e. The van der Waals surface area contributed by atoms with Gasteiger partial charge in [-0.2, -0.15) is 5.10 Å². The van der Waals surface area contributed by atoms with Crippen LogP contribution in [0.2, 0.25) is 0 Å². The number of para-hydroxylation sites is 1. The van der Waals surface area contributed by atoms with E-state index in [1.54, 1.807) is 22.9 Å². The highest BCUT2D eigenvalue weighted by atomic mass is 16.5. The van der Waals surface area contributed by atoms with Crippen molar-refractivity contribution in [3.63, 3.8) is 0 Å². The molecular formula is C26H30N4O5. The van der Waals surface area contributed by atoms with E-state index in [0.29, 0.717) is 48.7 Å². The number of carbonyl (C=O) groups excluding carboxylic acids is 2. The van der Waals surface area contributed by atoms with E-state index in [1.165, 1.54) is 0 Å². The molecule has 1 aliphatic carbocycles. The largest absolute Gasteiger partial charge is 0.490 e. The Morgan fingerprint density at radius 3 is 2.06 bits per heavy atom. The first kappa shape index (κ1) is 24.1. The monoisotopic (exact) mass is 478 g/mol. The van der Waals surface area contributed by atoms with Crippen LogP contribution >= 0.6 is 0 Å². The van der Waals surface area contributed by atoms with Gasteiger partial charge in [-0.25, -0.2) is 4.68 Å². The molecule has 2 aromatic carbocycles. The second-order valence-corrected chi connectivity index (χ2v) is 7.98. The minimum absolute atomic E-state index is 0.260. The molecule has 1 heterocycles. The summed E-state index contributed by atoms with van der Waals surface area (Å²) in [5.41, 5.74) is 7.25. The van der Waals surface area contributed by atoms with Gasteiger partial charge in [0.15, 0.2) is 11.5 Å². The van der Waals surface area contributed by atoms with Crippen molar-refractivity contribution >= 4 is 11.8 Å². The summed E-state index contributed by atoms with van der Waals surface area (Å²) in [6.45, 7) is 6.74. The fraction of sp³-hybridized carbons (Fsp3) is 0.346. The molecule has 0 aliphatic heterocycles. The Kier molecular flexibility index (Phi) is 7.54. The maximum Gasteiger partial charge on any atom is 0.288 e. The minimum Gasteiger partial charge on any atom is -0.490 e. The number of ether oxygens (including phenoxy) is 3. The Morgan fingerprint density at radius 1 is 0.886 bits per heavy atom. The Bertz CT molecular complexity index is 1160. The van der Waals surface area contributed by atoms with Crippen molar-refractivity contribution in [3.8, 4) is 22.9 Å². The Balaban J connectivity index is 1.54. The van der Waals surface area contributed by atoms with Gasteiger partial charge in [-0.3, -0.25) is 20.4 Å². The highest BCUT2D eigenvalue weighted by Gasteiger charge is 2.29. The molecule has 35 heavy (non-hydrogen) atoms. The van der Waals surface area contributed by atoms with Crippen molar-refractivity contribution in [3.05, 3.63) is 65.5 Å². The van der Waals surface area contributed by atoms with Gasteiger partial charge in [-0.05, 0) is 63.9 Å². The predicted octanol–water partition coefficient (Wildman–Crippen LogP) is 4.02. The van der Waals surface area contributed by atoms with E-state index in [9.17, 15) is 9.59 Å². The van der Waals surface area contributed by atoms with Crippen molar-refractivity contribution in [2.24, 2.45) is 0 Å². The average Bonchev–Trinajstić information content (AvgIpc) is 3.63. The van der Waals surface area contributed by atoms with Crippen LogP contribution in [-0.2, 0) is 0 Å². The van der Waals surface area contributed by atoms with Crippen molar-refractivity contribution in [2.45, 2.75) is 39.5 Å². The molecular weight excluding hydrogens is 448 g/mol. The molecule has 1 fully saturated rings. The van der Waals surface area contributed by atoms with E-state index >= 15 is 0 Å². The molecule has 1 saturated carbocycles. The molecule has 4 rings (SSSR count). The Morgan fingerprint density at radius 2 is 1.49 bits per heavy atom. The first-order chi connectivity index (χ1) is 17.0. The predicted molar refractivity (Wildman–Crippen MR) is 130 cm³/mol. The van der Waals surface area contributed by atoms with Crippen molar-refractivity contribution in [1.82, 2.24) is 20.6 Å². The average molecular weight is 479 g/mol. The second-order valence-electron chi connectivity index (χ2n) is 7.98. The SMILES string of the molecule is CCOc1cc(C(=O)NNC(=O)c2cc(C3CC3)nn2-c2ccccc2)cc(OCC)c1OCC. The molecule has 9 heteroatoms. The van der Waals surface area contributed by atoms with Crippen LogP contribution in [0.25, 0.3) is 5.69 Å². The normalized spacial score (nSPS) is 12.7. The lowest BCUT2D eigenvalue weighted by molar-refractivity contribution is 0.0842. The topological polar surface area (TPSA) is 104 Å². The zero-order valence-corrected chi connectivity index (χ0v) is 20.2. The Hall–Kier alpha value is -4.01. The van der Waals surface area contributed by atoms with Crippen molar-refractivity contribution < 1.29 is 23.8 Å². The summed E-state index contributed by atoms with van der Waals surface area (Å²) < 4.78 is 18.6. The zero-order chi connectivity index (χ0) is 24.8. The van der Waals surface area contributed by atoms with E-state index < -0.39 is 11.8 Å². The molecule has 1 aliphatic rings. The van der Waals surface area contributed by atoms with Crippen LogP contribution in [0.5, 0.6) is 17.2 Å². The van der Waals surface area contributed by atoms with Gasteiger partial charge in [-0.1, -0.05) is 18.2 Å². The molecule has 0 saturated heterocycles. The molecule has 0 bridgehead atoms. The number of amides is 2. The zero-order valence-electron chi connectivity index (χ0n) is 20.2. The van der Waals surface area contributed by atoms with Gasteiger partial charge in [0.2, 0.25) is 5.75 Å². The van der Waals surface area contributed by atoms with E-state index in [4.69, 9.17) is 14.2 Å². The molecule has 9 nitrogen and oxygen atoms in total. The molecule has 0 radical (unpaired) electrons. The summed E-state index contributed by atoms with van der Waals surface area (Å²) in [7, 11) is 0. The summed E-state index contributed by atoms with van der Waals surface area (Å²) >= 11 is 0. The lowest BCUT2D eigenvalue weighted by atomic mass is 10.1. The third-order valence-electron chi connectivity index (χ3n) is 5.42. The van der Waals surface area contributed by atoms with Gasteiger partial charge in [0.05, 0.1) is 31.2 Å². The quantitative estimate of drug-likeness (QED) is 0.427. The van der Waals surface area contributed by atoms with Gasteiger partial charge in [0.1, 0.15) is 5.69 Å². The minimum atomic E-state index is -0.517. The molecule has 2 amide bonds. The van der Waals surface area contributed by atoms with Crippen molar-refractivity contribution in [2.75, 3.05) is 19.8 Å². The lowest BCUT2D eigenvalue weighted by Gasteiger charge is -2.17. The summed E-state index contributed by atoms with van der Waals surface area (Å²) in [4.78, 5) is 26.0. The van der Waals surface area contributed by atoms with Crippen LogP contribution < -0.4 is 25.1 Å². The number of hydrazine groups is 1. The van der Waals surface area contributed by atoms with Gasteiger partial charge in [0.25, 0.3) is 11.8 Å². The fourth-order valence-electron chi connectivity index (χ4n) is 3.68. The van der Waals surface area contributed by atoms with E-state index in [2.05, 4.69) is 16.0 Å². The van der Waals surface area contributed by atoms with E-state index in [-0.39, 0.29) is 5.56 Å². The molecule has 2 N–H and O–H groups in total. The molecule has 0 atom stereocenters. The van der Waals surface area contributed by atoms with Crippen molar-refractivity contribution in [1.29, 1.82) is 0 Å². The van der Waals surface area contributed by atoms with Crippen LogP contribution in [0.3, 0.4) is 0 Å². The number of hydrogen-bond acceptors (Lipinski definition) is 6. The standard InChI is InChI=1S/C26H30N4O5/c1-4-33-22-14-18(15-23(34-5-2)24(22)35-6-3)25(31)27-28-26(32)21-16-20(17-12-13-17)29-30(21)19-10-8-7-9-11-19/h7-11,14-17H,4-6,12-13H2,1-3H3,(H,27,31)(H,28,32). The van der Waals surface area contributed by atoms with Gasteiger partial charge < -0.3 is 14.2 Å². The third-order valence-corrected chi connectivity index (χ3v) is 5.42. The molecule has 184 valence electrons. The maximum atomic E-state index is 13.1. The number of carbonyl (C=O) groups is 2. The molecule has 0 spiro atoms. The number of hydrogen-bond donors (Lipinski definition) is 2. The van der Waals surface area contributed by atoms with Crippen LogP contribution in [0.4, 0.5) is 0 Å².